The predicted molar refractivity (Wildman–Crippen MR) is 82.1 cm³/mol. The van der Waals surface area contributed by atoms with Crippen molar-refractivity contribution in [2.24, 2.45) is 0 Å². The number of carbonyl (C=O) groups excluding carboxylic acids is 1. The Morgan fingerprint density at radius 1 is 1.14 bits per heavy atom. The largest absolute Gasteiger partial charge is 0.368 e. The second-order valence-electron chi connectivity index (χ2n) is 5.90. The molecule has 2 fully saturated rings. The number of carbonyl (C=O) groups is 1. The molecule has 2 aliphatic heterocycles. The Kier molecular flexibility index (Phi) is 4.88. The lowest BCUT2D eigenvalue weighted by Gasteiger charge is -2.35. The molecule has 0 bridgehead atoms. The fourth-order valence-electron chi connectivity index (χ4n) is 3.10. The third kappa shape index (κ3) is 3.83. The maximum Gasteiger partial charge on any atom is 0.251 e. The number of ether oxygens (including phenoxy) is 1. The van der Waals surface area contributed by atoms with Gasteiger partial charge in [0.15, 0.2) is 0 Å². The molecular formula is C17H24N2O2. The number of nitrogens with zero attached hydrogens (tertiary/aromatic N) is 2. The van der Waals surface area contributed by atoms with Crippen LogP contribution in [0.1, 0.15) is 18.4 Å². The van der Waals surface area contributed by atoms with E-state index >= 15 is 0 Å². The first-order valence-corrected chi connectivity index (χ1v) is 7.99. The van der Waals surface area contributed by atoms with Gasteiger partial charge in [-0.3, -0.25) is 9.69 Å². The average Bonchev–Trinajstić information content (AvgIpc) is 3.08. The predicted octanol–water partition coefficient (Wildman–Crippen LogP) is 1.55. The van der Waals surface area contributed by atoms with Gasteiger partial charge in [-0.25, -0.2) is 0 Å². The summed E-state index contributed by atoms with van der Waals surface area (Å²) in [5, 5.41) is 0. The highest BCUT2D eigenvalue weighted by Gasteiger charge is 2.30. The molecule has 2 saturated heterocycles. The highest BCUT2D eigenvalue weighted by Crippen LogP contribution is 2.16. The van der Waals surface area contributed by atoms with E-state index in [1.807, 2.05) is 4.90 Å². The molecule has 1 atom stereocenters. The van der Waals surface area contributed by atoms with E-state index in [4.69, 9.17) is 4.74 Å². The van der Waals surface area contributed by atoms with Gasteiger partial charge in [0.1, 0.15) is 6.10 Å². The van der Waals surface area contributed by atoms with Crippen molar-refractivity contribution >= 4 is 5.91 Å². The Balaban J connectivity index is 1.41. The highest BCUT2D eigenvalue weighted by molar-refractivity contribution is 5.81. The zero-order chi connectivity index (χ0) is 14.5. The van der Waals surface area contributed by atoms with Crippen LogP contribution in [0, 0.1) is 0 Å². The molecule has 1 aromatic rings. The minimum atomic E-state index is -0.166. The van der Waals surface area contributed by atoms with Gasteiger partial charge in [0.2, 0.25) is 0 Å². The fraction of sp³-hybridized carbons (Fsp3) is 0.588. The Morgan fingerprint density at radius 3 is 2.57 bits per heavy atom. The van der Waals surface area contributed by atoms with Crippen LogP contribution in [0.25, 0.3) is 0 Å². The molecule has 0 radical (unpaired) electrons. The van der Waals surface area contributed by atoms with E-state index < -0.39 is 0 Å². The topological polar surface area (TPSA) is 32.8 Å². The molecule has 0 spiro atoms. The van der Waals surface area contributed by atoms with Gasteiger partial charge in [0.25, 0.3) is 5.91 Å². The molecule has 0 saturated carbocycles. The van der Waals surface area contributed by atoms with Crippen molar-refractivity contribution in [2.75, 3.05) is 39.3 Å². The number of piperazine rings is 1. The summed E-state index contributed by atoms with van der Waals surface area (Å²) in [6.45, 7) is 5.46. The van der Waals surface area contributed by atoms with Crippen molar-refractivity contribution in [3.8, 4) is 0 Å². The number of hydrogen-bond acceptors (Lipinski definition) is 3. The summed E-state index contributed by atoms with van der Waals surface area (Å²) in [5.41, 5.74) is 1.38. The number of rotatable bonds is 4. The minimum Gasteiger partial charge on any atom is -0.368 e. The SMILES string of the molecule is O=C([C@H]1CCCO1)N1CCN(CCc2ccccc2)CC1. The van der Waals surface area contributed by atoms with Crippen molar-refractivity contribution in [1.82, 2.24) is 9.80 Å². The summed E-state index contributed by atoms with van der Waals surface area (Å²) in [5.74, 6) is 0.204. The first kappa shape index (κ1) is 14.5. The number of benzene rings is 1. The van der Waals surface area contributed by atoms with E-state index in [1.165, 1.54) is 5.56 Å². The standard InChI is InChI=1S/C17H24N2O2/c20-17(16-7-4-14-21-16)19-12-10-18(11-13-19)9-8-15-5-2-1-3-6-15/h1-3,5-6,16H,4,7-14H2/t16-/m1/s1. The Bertz CT molecular complexity index is 449. The molecular weight excluding hydrogens is 264 g/mol. The monoisotopic (exact) mass is 288 g/mol. The molecule has 114 valence electrons. The van der Waals surface area contributed by atoms with Crippen molar-refractivity contribution < 1.29 is 9.53 Å². The summed E-state index contributed by atoms with van der Waals surface area (Å²) in [4.78, 5) is 16.7. The van der Waals surface area contributed by atoms with Gasteiger partial charge in [-0.15, -0.1) is 0 Å². The van der Waals surface area contributed by atoms with Crippen molar-refractivity contribution in [2.45, 2.75) is 25.4 Å². The second kappa shape index (κ2) is 7.05. The molecule has 2 aliphatic rings. The molecule has 4 heteroatoms. The molecule has 1 aromatic carbocycles. The van der Waals surface area contributed by atoms with Crippen LogP contribution in [0.15, 0.2) is 30.3 Å². The Morgan fingerprint density at radius 2 is 1.90 bits per heavy atom. The van der Waals surface area contributed by atoms with Gasteiger partial charge in [0, 0.05) is 39.3 Å². The third-order valence-corrected chi connectivity index (χ3v) is 4.45. The first-order chi connectivity index (χ1) is 10.3. The van der Waals surface area contributed by atoms with Gasteiger partial charge < -0.3 is 9.64 Å². The molecule has 0 N–H and O–H groups in total. The summed E-state index contributed by atoms with van der Waals surface area (Å²) >= 11 is 0. The smallest absolute Gasteiger partial charge is 0.251 e. The third-order valence-electron chi connectivity index (χ3n) is 4.45. The first-order valence-electron chi connectivity index (χ1n) is 7.99. The van der Waals surface area contributed by atoms with Crippen LogP contribution >= 0.6 is 0 Å². The summed E-state index contributed by atoms with van der Waals surface area (Å²) in [6, 6.07) is 10.6. The van der Waals surface area contributed by atoms with Crippen LogP contribution in [-0.2, 0) is 16.0 Å². The molecule has 4 nitrogen and oxygen atoms in total. The lowest BCUT2D eigenvalue weighted by atomic mass is 10.1. The molecule has 1 amide bonds. The van der Waals surface area contributed by atoms with Crippen LogP contribution in [0.3, 0.4) is 0 Å². The zero-order valence-corrected chi connectivity index (χ0v) is 12.5. The van der Waals surface area contributed by atoms with E-state index in [0.717, 1.165) is 58.6 Å². The van der Waals surface area contributed by atoms with Gasteiger partial charge in [0.05, 0.1) is 0 Å². The second-order valence-corrected chi connectivity index (χ2v) is 5.90. The van der Waals surface area contributed by atoms with Crippen LogP contribution in [0.4, 0.5) is 0 Å². The van der Waals surface area contributed by atoms with Gasteiger partial charge >= 0.3 is 0 Å². The summed E-state index contributed by atoms with van der Waals surface area (Å²) in [6.07, 6.45) is 2.84. The van der Waals surface area contributed by atoms with Crippen molar-refractivity contribution in [3.63, 3.8) is 0 Å². The Labute approximate surface area is 126 Å². The van der Waals surface area contributed by atoms with E-state index in [1.54, 1.807) is 0 Å². The quantitative estimate of drug-likeness (QED) is 0.843. The van der Waals surface area contributed by atoms with E-state index in [0.29, 0.717) is 0 Å². The maximum atomic E-state index is 12.3. The minimum absolute atomic E-state index is 0.166. The van der Waals surface area contributed by atoms with E-state index in [2.05, 4.69) is 35.2 Å². The number of hydrogen-bond donors (Lipinski definition) is 0. The molecule has 21 heavy (non-hydrogen) atoms. The molecule has 0 aromatic heterocycles. The van der Waals surface area contributed by atoms with Crippen LogP contribution < -0.4 is 0 Å². The fourth-order valence-corrected chi connectivity index (χ4v) is 3.10. The molecule has 2 heterocycles. The summed E-state index contributed by atoms with van der Waals surface area (Å²) < 4.78 is 5.50. The average molecular weight is 288 g/mol. The highest BCUT2D eigenvalue weighted by atomic mass is 16.5. The van der Waals surface area contributed by atoms with Crippen LogP contribution in [-0.4, -0.2) is 61.1 Å². The number of amides is 1. The van der Waals surface area contributed by atoms with E-state index in [-0.39, 0.29) is 12.0 Å². The van der Waals surface area contributed by atoms with Gasteiger partial charge in [-0.05, 0) is 24.8 Å². The van der Waals surface area contributed by atoms with Crippen LogP contribution in [0.2, 0.25) is 0 Å². The van der Waals surface area contributed by atoms with Gasteiger partial charge in [-0.2, -0.15) is 0 Å². The van der Waals surface area contributed by atoms with E-state index in [9.17, 15) is 4.79 Å². The van der Waals surface area contributed by atoms with Crippen molar-refractivity contribution in [1.29, 1.82) is 0 Å². The van der Waals surface area contributed by atoms with Crippen LogP contribution in [0.5, 0.6) is 0 Å². The lowest BCUT2D eigenvalue weighted by Crippen LogP contribution is -2.51. The normalized spacial score (nSPS) is 23.4. The maximum absolute atomic E-state index is 12.3. The Hall–Kier alpha value is -1.39. The zero-order valence-electron chi connectivity index (χ0n) is 12.5. The summed E-state index contributed by atoms with van der Waals surface area (Å²) in [7, 11) is 0. The van der Waals surface area contributed by atoms with Crippen molar-refractivity contribution in [3.05, 3.63) is 35.9 Å². The molecule has 0 unspecified atom stereocenters. The lowest BCUT2D eigenvalue weighted by molar-refractivity contribution is -0.142. The molecule has 3 rings (SSSR count). The molecule has 0 aliphatic carbocycles. The van der Waals surface area contributed by atoms with Gasteiger partial charge in [-0.1, -0.05) is 30.3 Å².